The zero-order chi connectivity index (χ0) is 32.8. The van der Waals surface area contributed by atoms with Gasteiger partial charge in [-0.3, -0.25) is 0 Å². The molecule has 0 saturated heterocycles. The molecule has 0 unspecified atom stereocenters. The number of nitrogens with zero attached hydrogens (tertiary/aromatic N) is 6. The molecule has 0 amide bonds. The average Bonchev–Trinajstić information content (AvgIpc) is 3.93. The molecule has 4 aromatic heterocycles. The Labute approximate surface area is 286 Å². The Bertz CT molecular complexity index is 2880. The molecule has 234 valence electrons. The lowest BCUT2D eigenvalue weighted by atomic mass is 10.1. The van der Waals surface area contributed by atoms with Crippen molar-refractivity contribution < 1.29 is 0 Å². The van der Waals surface area contributed by atoms with Crippen molar-refractivity contribution in [2.75, 3.05) is 0 Å². The minimum atomic E-state index is 0.898. The van der Waals surface area contributed by atoms with E-state index in [1.807, 2.05) is 0 Å². The lowest BCUT2D eigenvalue weighted by molar-refractivity contribution is 0.743. The number of hydrogen-bond donors (Lipinski definition) is 0. The molecular formula is C44H28N6. The molecular weight excluding hydrogens is 613 g/mol. The zero-order valence-corrected chi connectivity index (χ0v) is 26.8. The van der Waals surface area contributed by atoms with Crippen LogP contribution >= 0.6 is 0 Å². The van der Waals surface area contributed by atoms with Crippen LogP contribution in [-0.2, 0) is 0 Å². The van der Waals surface area contributed by atoms with Crippen molar-refractivity contribution in [2.45, 2.75) is 0 Å². The van der Waals surface area contributed by atoms with Gasteiger partial charge in [-0.15, -0.1) is 0 Å². The first-order valence-corrected chi connectivity index (χ1v) is 16.9. The third kappa shape index (κ3) is 3.67. The lowest BCUT2D eigenvalue weighted by Gasteiger charge is -2.15. The number of para-hydroxylation sites is 6. The molecule has 0 atom stereocenters. The third-order valence-electron chi connectivity index (χ3n) is 9.96. The van der Waals surface area contributed by atoms with Crippen molar-refractivity contribution >= 4 is 65.7 Å². The maximum absolute atomic E-state index is 5.20. The standard InChI is InChI=1S/C44H28N6/c1-3-15-29(16-4-1)43-45-33-21-9-13-25-37(33)49(43)47-35-23-11-7-19-31(35)41-39(47)27-28-40-42(41)32-20-8-12-24-36(32)48(40)50-38-26-14-10-22-34(38)46-44(50)30-17-5-2-6-18-30/h1-28H. The van der Waals surface area contributed by atoms with Crippen LogP contribution in [0.3, 0.4) is 0 Å². The summed E-state index contributed by atoms with van der Waals surface area (Å²) in [6.45, 7) is 0. The van der Waals surface area contributed by atoms with E-state index in [-0.39, 0.29) is 0 Å². The van der Waals surface area contributed by atoms with Crippen LogP contribution in [0.25, 0.3) is 88.5 Å². The van der Waals surface area contributed by atoms with Crippen molar-refractivity contribution in [1.82, 2.24) is 28.7 Å². The predicted octanol–water partition coefficient (Wildman–Crippen LogP) is 10.6. The van der Waals surface area contributed by atoms with Gasteiger partial charge in [-0.25, -0.2) is 28.7 Å². The summed E-state index contributed by atoms with van der Waals surface area (Å²) >= 11 is 0. The number of benzene rings is 7. The highest BCUT2D eigenvalue weighted by Crippen LogP contribution is 2.42. The molecule has 0 fully saturated rings. The number of aromatic nitrogens is 6. The Hall–Kier alpha value is -6.92. The minimum absolute atomic E-state index is 0.898. The van der Waals surface area contributed by atoms with E-state index in [2.05, 4.69) is 189 Å². The molecule has 0 aliphatic carbocycles. The van der Waals surface area contributed by atoms with Gasteiger partial charge in [0.05, 0.1) is 44.1 Å². The lowest BCUT2D eigenvalue weighted by Crippen LogP contribution is -2.11. The summed E-state index contributed by atoms with van der Waals surface area (Å²) in [5, 5.41) is 4.78. The van der Waals surface area contributed by atoms with E-state index in [1.54, 1.807) is 0 Å². The zero-order valence-electron chi connectivity index (χ0n) is 26.8. The van der Waals surface area contributed by atoms with Gasteiger partial charge in [0, 0.05) is 32.7 Å². The monoisotopic (exact) mass is 640 g/mol. The van der Waals surface area contributed by atoms with Crippen LogP contribution in [0.2, 0.25) is 0 Å². The summed E-state index contributed by atoms with van der Waals surface area (Å²) in [5.41, 5.74) is 10.6. The van der Waals surface area contributed by atoms with Crippen molar-refractivity contribution in [3.05, 3.63) is 170 Å². The molecule has 50 heavy (non-hydrogen) atoms. The molecule has 6 heteroatoms. The Morgan fingerprint density at radius 3 is 1.08 bits per heavy atom. The molecule has 0 bridgehead atoms. The maximum atomic E-state index is 5.20. The Morgan fingerprint density at radius 1 is 0.280 bits per heavy atom. The second-order valence-corrected chi connectivity index (χ2v) is 12.7. The Balaban J connectivity index is 1.31. The molecule has 0 radical (unpaired) electrons. The number of rotatable bonds is 4. The smallest absolute Gasteiger partial charge is 0.160 e. The van der Waals surface area contributed by atoms with Gasteiger partial charge in [0.15, 0.2) is 11.6 Å². The summed E-state index contributed by atoms with van der Waals surface area (Å²) in [6.07, 6.45) is 0. The summed E-state index contributed by atoms with van der Waals surface area (Å²) in [7, 11) is 0. The predicted molar refractivity (Wildman–Crippen MR) is 204 cm³/mol. The first kappa shape index (κ1) is 27.1. The van der Waals surface area contributed by atoms with Crippen LogP contribution in [0.1, 0.15) is 0 Å². The summed E-state index contributed by atoms with van der Waals surface area (Å²) < 4.78 is 9.29. The van der Waals surface area contributed by atoms with Gasteiger partial charge in [0.2, 0.25) is 0 Å². The van der Waals surface area contributed by atoms with Crippen molar-refractivity contribution in [2.24, 2.45) is 0 Å². The van der Waals surface area contributed by atoms with Crippen molar-refractivity contribution in [1.29, 1.82) is 0 Å². The number of hydrogen-bond acceptors (Lipinski definition) is 2. The second-order valence-electron chi connectivity index (χ2n) is 12.7. The molecule has 6 nitrogen and oxygen atoms in total. The molecule has 0 N–H and O–H groups in total. The second kappa shape index (κ2) is 10.3. The SMILES string of the molecule is c1ccc(-c2nc3ccccc3n2-n2c3ccccc3c3c4c5ccccc5n(-n5c(-c6ccccc6)nc6ccccc65)c4ccc32)cc1. The van der Waals surface area contributed by atoms with E-state index >= 15 is 0 Å². The fourth-order valence-corrected chi connectivity index (χ4v) is 7.89. The fraction of sp³-hybridized carbons (Fsp3) is 0. The first-order chi connectivity index (χ1) is 24.8. The molecule has 0 aliphatic heterocycles. The summed E-state index contributed by atoms with van der Waals surface area (Å²) in [5.74, 6) is 1.80. The quantitative estimate of drug-likeness (QED) is 0.192. The summed E-state index contributed by atoms with van der Waals surface area (Å²) in [6, 6.07) is 59.8. The van der Waals surface area contributed by atoms with Gasteiger partial charge < -0.3 is 0 Å². The van der Waals surface area contributed by atoms with Crippen LogP contribution in [0.5, 0.6) is 0 Å². The van der Waals surface area contributed by atoms with Gasteiger partial charge in [0.25, 0.3) is 0 Å². The van der Waals surface area contributed by atoms with E-state index in [1.165, 1.54) is 21.5 Å². The molecule has 0 spiro atoms. The Kier molecular flexibility index (Phi) is 5.57. The van der Waals surface area contributed by atoms with Crippen LogP contribution in [0.4, 0.5) is 0 Å². The molecule has 11 aromatic rings. The van der Waals surface area contributed by atoms with Gasteiger partial charge in [-0.05, 0) is 48.5 Å². The van der Waals surface area contributed by atoms with E-state index < -0.39 is 0 Å². The highest BCUT2D eigenvalue weighted by Gasteiger charge is 2.25. The first-order valence-electron chi connectivity index (χ1n) is 16.9. The third-order valence-corrected chi connectivity index (χ3v) is 9.96. The van der Waals surface area contributed by atoms with Crippen LogP contribution in [0, 0.1) is 0 Å². The van der Waals surface area contributed by atoms with E-state index in [0.29, 0.717) is 0 Å². The highest BCUT2D eigenvalue weighted by atomic mass is 15.5. The number of imidazole rings is 2. The molecule has 4 heterocycles. The minimum Gasteiger partial charge on any atom is -0.246 e. The van der Waals surface area contributed by atoms with Gasteiger partial charge >= 0.3 is 0 Å². The largest absolute Gasteiger partial charge is 0.246 e. The molecule has 7 aromatic carbocycles. The van der Waals surface area contributed by atoms with Crippen LogP contribution in [0.15, 0.2) is 170 Å². The maximum Gasteiger partial charge on any atom is 0.160 e. The molecule has 0 saturated carbocycles. The van der Waals surface area contributed by atoms with Crippen LogP contribution in [-0.4, -0.2) is 28.7 Å². The Morgan fingerprint density at radius 2 is 0.640 bits per heavy atom. The van der Waals surface area contributed by atoms with Gasteiger partial charge in [-0.1, -0.05) is 121 Å². The van der Waals surface area contributed by atoms with Gasteiger partial charge in [-0.2, -0.15) is 0 Å². The average molecular weight is 641 g/mol. The van der Waals surface area contributed by atoms with Crippen molar-refractivity contribution in [3.63, 3.8) is 0 Å². The van der Waals surface area contributed by atoms with E-state index in [9.17, 15) is 0 Å². The van der Waals surface area contributed by atoms with Crippen molar-refractivity contribution in [3.8, 4) is 22.8 Å². The van der Waals surface area contributed by atoms with Crippen LogP contribution < -0.4 is 0 Å². The highest BCUT2D eigenvalue weighted by molar-refractivity contribution is 6.28. The topological polar surface area (TPSA) is 45.5 Å². The molecule has 11 rings (SSSR count). The molecule has 0 aliphatic rings. The normalized spacial score (nSPS) is 12.0. The summed E-state index contributed by atoms with van der Waals surface area (Å²) in [4.78, 5) is 10.4. The van der Waals surface area contributed by atoms with E-state index in [0.717, 1.165) is 66.9 Å². The number of fused-ring (bicyclic) bond motifs is 9. The van der Waals surface area contributed by atoms with Gasteiger partial charge in [0.1, 0.15) is 0 Å². The fourth-order valence-electron chi connectivity index (χ4n) is 7.89. The van der Waals surface area contributed by atoms with E-state index in [4.69, 9.17) is 9.97 Å².